The van der Waals surface area contributed by atoms with E-state index in [0.717, 1.165) is 0 Å². The summed E-state index contributed by atoms with van der Waals surface area (Å²) < 4.78 is 0. The van der Waals surface area contributed by atoms with Gasteiger partial charge in [0, 0.05) is 64.6 Å². The molecule has 0 saturated carbocycles. The van der Waals surface area contributed by atoms with E-state index < -0.39 is 0 Å². The molecule has 5 heteroatoms. The Hall–Kier alpha value is 2.05. The predicted octanol–water partition coefficient (Wildman–Crippen LogP) is -1.58. The van der Waals surface area contributed by atoms with Gasteiger partial charge in [-0.1, -0.05) is 7.43 Å². The molecule has 0 aromatic carbocycles. The molecule has 0 aliphatic heterocycles. The molecule has 33 valence electrons. The second kappa shape index (κ2) is 61.5. The smallest absolute Gasteiger partial charge is 0 e. The fourth-order valence-electron chi connectivity index (χ4n) is 0. The first-order valence-electron chi connectivity index (χ1n) is 0. The summed E-state index contributed by atoms with van der Waals surface area (Å²) in [6.45, 7) is 0. The molecule has 0 heterocycles. The first-order chi connectivity index (χ1) is 0. The van der Waals surface area contributed by atoms with Gasteiger partial charge in [-0.3, -0.25) is 0 Å². The zero-order chi connectivity index (χ0) is 0. The van der Waals surface area contributed by atoms with Gasteiger partial charge in [-0.25, -0.2) is 0 Å². The van der Waals surface area contributed by atoms with Crippen molar-refractivity contribution in [3.63, 3.8) is 0 Å². The summed E-state index contributed by atoms with van der Waals surface area (Å²) in [5, 5.41) is 0. The minimum absolute atomic E-state index is 0. The number of hydrogen-bond donors (Lipinski definition) is 0. The molecule has 0 amide bonds. The molecule has 0 unspecified atom stereocenters. The first-order valence-corrected chi connectivity index (χ1v) is 0. The summed E-state index contributed by atoms with van der Waals surface area (Å²) in [6.07, 6.45) is 0. The van der Waals surface area contributed by atoms with E-state index in [1.165, 1.54) is 0 Å². The maximum absolute atomic E-state index is 0. The van der Waals surface area contributed by atoms with Gasteiger partial charge in [0.05, 0.1) is 0 Å². The molecule has 0 spiro atoms. The van der Waals surface area contributed by atoms with Gasteiger partial charge in [0.1, 0.15) is 0 Å². The van der Waals surface area contributed by atoms with Crippen LogP contribution in [0.5, 0.6) is 0 Å². The summed E-state index contributed by atoms with van der Waals surface area (Å²) in [5.41, 5.74) is 0. The monoisotopic (exact) mass is 189 g/mol. The van der Waals surface area contributed by atoms with Gasteiger partial charge in [-0.05, 0) is 11.0 Å². The van der Waals surface area contributed by atoms with E-state index in [1.807, 2.05) is 0 Å². The van der Waals surface area contributed by atoms with Gasteiger partial charge < -0.3 is 0 Å². The van der Waals surface area contributed by atoms with E-state index in [9.17, 15) is 0 Å². The molecule has 0 aliphatic carbocycles. The molecule has 0 aliphatic rings. The molecule has 0 saturated heterocycles. The largest absolute Gasteiger partial charge is 0.0776 e. The zero-order valence-electron chi connectivity index (χ0n) is 2.03. The fraction of sp³-hybridized carbons (Fsp3) is 1.00. The maximum atomic E-state index is 0. The molecule has 0 N–H and O–H groups in total. The molecule has 6 heavy (non-hydrogen) atoms. The van der Waals surface area contributed by atoms with Crippen LogP contribution in [-0.4, -0.2) is 36.7 Å². The summed E-state index contributed by atoms with van der Waals surface area (Å²) >= 11 is 0. The van der Waals surface area contributed by atoms with Crippen molar-refractivity contribution >= 4 is 36.7 Å². The Kier molecular flexibility index (Phi) is 976. The Balaban J connectivity index is 0. The van der Waals surface area contributed by atoms with Crippen LogP contribution in [0.3, 0.4) is 0 Å². The quantitative estimate of drug-likeness (QED) is 0.403. The van der Waals surface area contributed by atoms with Crippen molar-refractivity contribution in [2.24, 2.45) is 0 Å². The van der Waals surface area contributed by atoms with Gasteiger partial charge in [-0.2, -0.15) is 0 Å². The van der Waals surface area contributed by atoms with Crippen LogP contribution < -0.4 is 0 Å². The van der Waals surface area contributed by atoms with E-state index in [-0.39, 0.29) is 83.0 Å². The van der Waals surface area contributed by atoms with Crippen molar-refractivity contribution in [3.8, 4) is 0 Å². The van der Waals surface area contributed by atoms with Crippen LogP contribution in [0.15, 0.2) is 0 Å². The van der Waals surface area contributed by atoms with Crippen LogP contribution in [-0.2, 0) is 38.8 Å². The number of hydrogen-bond acceptors (Lipinski definition) is 0. The molecule has 0 bridgehead atoms. The van der Waals surface area contributed by atoms with E-state index in [4.69, 9.17) is 0 Å². The summed E-state index contributed by atoms with van der Waals surface area (Å²) in [7, 11) is 0. The van der Waals surface area contributed by atoms with Crippen LogP contribution in [0.4, 0.5) is 0 Å². The molecule has 0 rings (SSSR count). The Bertz CT molecular complexity index is 15.5. The van der Waals surface area contributed by atoms with Gasteiger partial charge in [0.2, 0.25) is 0 Å². The first kappa shape index (κ1) is 95.3. The Morgan fingerprint density at radius 2 is 1.00 bits per heavy atom. The van der Waals surface area contributed by atoms with Gasteiger partial charge in [0.15, 0.2) is 0 Å². The SMILES string of the molecule is C.[Al].[B].[Mn].[SiH4].[Ti]. The molecule has 0 atom stereocenters. The Labute approximate surface area is 82.3 Å². The second-order valence-corrected chi connectivity index (χ2v) is 0. The third-order valence-electron chi connectivity index (χ3n) is 0. The topological polar surface area (TPSA) is 0 Å². The molecule has 0 nitrogen and oxygen atoms in total. The van der Waals surface area contributed by atoms with E-state index in [0.29, 0.717) is 0 Å². The third-order valence-corrected chi connectivity index (χ3v) is 0. The van der Waals surface area contributed by atoms with Crippen LogP contribution in [0.1, 0.15) is 7.43 Å². The average molecular weight is 189 g/mol. The van der Waals surface area contributed by atoms with E-state index >= 15 is 0 Å². The van der Waals surface area contributed by atoms with Gasteiger partial charge in [0.25, 0.3) is 0 Å². The molecule has 0 fully saturated rings. The molecule has 0 aromatic rings. The van der Waals surface area contributed by atoms with Crippen molar-refractivity contribution in [1.29, 1.82) is 0 Å². The van der Waals surface area contributed by atoms with E-state index in [1.54, 1.807) is 0 Å². The van der Waals surface area contributed by atoms with E-state index in [2.05, 4.69) is 0 Å². The minimum Gasteiger partial charge on any atom is -0.0776 e. The Morgan fingerprint density at radius 3 is 1.00 bits per heavy atom. The van der Waals surface area contributed by atoms with Crippen molar-refractivity contribution in [3.05, 3.63) is 0 Å². The molecule has 7 radical (unpaired) electrons. The zero-order valence-corrected chi connectivity index (χ0v) is 5.93. The predicted molar refractivity (Wildman–Crippen MR) is 29.6 cm³/mol. The average Bonchev–Trinajstić information content (AvgIpc) is 0. The molecule has 0 aromatic heterocycles. The normalized spacial score (nSPS) is 0. The summed E-state index contributed by atoms with van der Waals surface area (Å²) in [6, 6.07) is 0. The van der Waals surface area contributed by atoms with Crippen molar-refractivity contribution in [2.75, 3.05) is 0 Å². The summed E-state index contributed by atoms with van der Waals surface area (Å²) in [5.74, 6) is 0. The second-order valence-electron chi connectivity index (χ2n) is 0. The molecular weight excluding hydrogens is 181 g/mol. The standard InChI is InChI=1S/CH4.Al.B.Mn.H4Si.Ti/h1H4;;;;1H4;. The van der Waals surface area contributed by atoms with Crippen molar-refractivity contribution in [1.82, 2.24) is 0 Å². The van der Waals surface area contributed by atoms with Crippen LogP contribution >= 0.6 is 0 Å². The van der Waals surface area contributed by atoms with Crippen molar-refractivity contribution < 1.29 is 38.8 Å². The molecular formula is CH8AlBMnSiTi. The summed E-state index contributed by atoms with van der Waals surface area (Å²) in [4.78, 5) is 0. The number of rotatable bonds is 0. The van der Waals surface area contributed by atoms with Gasteiger partial charge >= 0.3 is 0 Å². The van der Waals surface area contributed by atoms with Crippen LogP contribution in [0.25, 0.3) is 0 Å². The third kappa shape index (κ3) is 36.7. The maximum Gasteiger partial charge on any atom is 0 e. The van der Waals surface area contributed by atoms with Crippen LogP contribution in [0, 0.1) is 0 Å². The van der Waals surface area contributed by atoms with Gasteiger partial charge in [-0.15, -0.1) is 0 Å². The fourth-order valence-corrected chi connectivity index (χ4v) is 0. The van der Waals surface area contributed by atoms with Crippen LogP contribution in [0.2, 0.25) is 0 Å². The Morgan fingerprint density at radius 1 is 1.00 bits per heavy atom. The van der Waals surface area contributed by atoms with Crippen molar-refractivity contribution in [2.45, 2.75) is 7.43 Å². The minimum atomic E-state index is 0.